The minimum atomic E-state index is 0.213. The van der Waals surface area contributed by atoms with Crippen molar-refractivity contribution in [3.05, 3.63) is 24.0 Å². The number of alkyl halides is 1. The highest BCUT2D eigenvalue weighted by atomic mass is 35.5. The molecule has 1 N–H and O–H groups in total. The Bertz CT molecular complexity index is 310. The van der Waals surface area contributed by atoms with Crippen molar-refractivity contribution in [2.45, 2.75) is 13.0 Å². The molecule has 1 amide bonds. The second kappa shape index (κ2) is 4.05. The standard InChI is InChI=1S/C10H13ClN2O/c11-5-8-4-10(14)13(6-8)7-9-2-1-3-12-9/h1-3,8,12H,4-7H2. The highest BCUT2D eigenvalue weighted by molar-refractivity contribution is 6.18. The van der Waals surface area contributed by atoms with Gasteiger partial charge in [-0.05, 0) is 18.1 Å². The molecule has 0 aromatic carbocycles. The molecule has 3 nitrogen and oxygen atoms in total. The normalized spacial score (nSPS) is 21.9. The molecule has 0 bridgehead atoms. The summed E-state index contributed by atoms with van der Waals surface area (Å²) in [7, 11) is 0. The van der Waals surface area contributed by atoms with Crippen molar-refractivity contribution >= 4 is 17.5 Å². The van der Waals surface area contributed by atoms with Crippen molar-refractivity contribution in [3.63, 3.8) is 0 Å². The van der Waals surface area contributed by atoms with E-state index < -0.39 is 0 Å². The lowest BCUT2D eigenvalue weighted by Crippen LogP contribution is -2.24. The molecule has 76 valence electrons. The average Bonchev–Trinajstić information content (AvgIpc) is 2.78. The molecule has 2 heterocycles. The zero-order chi connectivity index (χ0) is 9.97. The van der Waals surface area contributed by atoms with Crippen LogP contribution in [0.5, 0.6) is 0 Å². The highest BCUT2D eigenvalue weighted by Crippen LogP contribution is 2.20. The van der Waals surface area contributed by atoms with Gasteiger partial charge >= 0.3 is 0 Å². The van der Waals surface area contributed by atoms with Crippen LogP contribution < -0.4 is 0 Å². The SMILES string of the molecule is O=C1CC(CCl)CN1Cc1ccc[nH]1. The van der Waals surface area contributed by atoms with Crippen LogP contribution in [0.2, 0.25) is 0 Å². The molecule has 1 saturated heterocycles. The largest absolute Gasteiger partial charge is 0.364 e. The maximum atomic E-state index is 11.5. The summed E-state index contributed by atoms with van der Waals surface area (Å²) >= 11 is 5.73. The molecule has 0 radical (unpaired) electrons. The molecule has 1 unspecified atom stereocenters. The van der Waals surface area contributed by atoms with E-state index >= 15 is 0 Å². The number of aromatic amines is 1. The summed E-state index contributed by atoms with van der Waals surface area (Å²) in [6.45, 7) is 1.47. The summed E-state index contributed by atoms with van der Waals surface area (Å²) in [6.07, 6.45) is 2.47. The predicted molar refractivity (Wildman–Crippen MR) is 55.0 cm³/mol. The molecule has 1 aliphatic heterocycles. The molecule has 1 fully saturated rings. The number of hydrogen-bond acceptors (Lipinski definition) is 1. The number of amides is 1. The van der Waals surface area contributed by atoms with Crippen LogP contribution in [0.15, 0.2) is 18.3 Å². The summed E-state index contributed by atoms with van der Waals surface area (Å²) in [5.41, 5.74) is 1.08. The van der Waals surface area contributed by atoms with Crippen LogP contribution in [0.1, 0.15) is 12.1 Å². The van der Waals surface area contributed by atoms with Crippen molar-refractivity contribution in [2.24, 2.45) is 5.92 Å². The Labute approximate surface area is 88.0 Å². The molecule has 0 saturated carbocycles. The van der Waals surface area contributed by atoms with Gasteiger partial charge in [-0.15, -0.1) is 11.6 Å². The van der Waals surface area contributed by atoms with Gasteiger partial charge in [-0.2, -0.15) is 0 Å². The van der Waals surface area contributed by atoms with Gasteiger partial charge in [0, 0.05) is 30.7 Å². The molecular formula is C10H13ClN2O. The van der Waals surface area contributed by atoms with E-state index in [1.807, 2.05) is 23.2 Å². The Kier molecular flexibility index (Phi) is 2.77. The van der Waals surface area contributed by atoms with E-state index in [4.69, 9.17) is 11.6 Å². The fourth-order valence-corrected chi connectivity index (χ4v) is 1.99. The van der Waals surface area contributed by atoms with Crippen LogP contribution in [0.3, 0.4) is 0 Å². The van der Waals surface area contributed by atoms with Gasteiger partial charge in [-0.25, -0.2) is 0 Å². The maximum Gasteiger partial charge on any atom is 0.223 e. The molecule has 0 aliphatic carbocycles. The van der Waals surface area contributed by atoms with Gasteiger partial charge in [0.2, 0.25) is 5.91 Å². The summed E-state index contributed by atoms with van der Waals surface area (Å²) in [5.74, 6) is 1.12. The molecule has 4 heteroatoms. The molecule has 1 aromatic heterocycles. The molecule has 1 aromatic rings. The second-order valence-corrected chi connectivity index (χ2v) is 4.00. The number of carbonyl (C=O) groups is 1. The lowest BCUT2D eigenvalue weighted by atomic mass is 10.1. The number of nitrogens with zero attached hydrogens (tertiary/aromatic N) is 1. The third-order valence-electron chi connectivity index (χ3n) is 2.54. The fraction of sp³-hybridized carbons (Fsp3) is 0.500. The minimum absolute atomic E-state index is 0.213. The first-order chi connectivity index (χ1) is 6.79. The fourth-order valence-electron chi connectivity index (χ4n) is 1.78. The zero-order valence-electron chi connectivity index (χ0n) is 7.87. The van der Waals surface area contributed by atoms with Gasteiger partial charge in [0.25, 0.3) is 0 Å². The third-order valence-corrected chi connectivity index (χ3v) is 2.97. The van der Waals surface area contributed by atoms with Crippen molar-refractivity contribution in [3.8, 4) is 0 Å². The molecule has 1 atom stereocenters. The van der Waals surface area contributed by atoms with Gasteiger partial charge in [0.05, 0.1) is 6.54 Å². The first-order valence-electron chi connectivity index (χ1n) is 4.75. The number of carbonyl (C=O) groups excluding carboxylic acids is 1. The van der Waals surface area contributed by atoms with Gasteiger partial charge in [0.1, 0.15) is 0 Å². The molecular weight excluding hydrogens is 200 g/mol. The van der Waals surface area contributed by atoms with Gasteiger partial charge in [0.15, 0.2) is 0 Å². The van der Waals surface area contributed by atoms with Crippen molar-refractivity contribution < 1.29 is 4.79 Å². The predicted octanol–water partition coefficient (Wildman–Crippen LogP) is 1.60. The second-order valence-electron chi connectivity index (χ2n) is 3.69. The quantitative estimate of drug-likeness (QED) is 0.760. The van der Waals surface area contributed by atoms with Gasteiger partial charge < -0.3 is 9.88 Å². The van der Waals surface area contributed by atoms with Crippen molar-refractivity contribution in [1.29, 1.82) is 0 Å². The Morgan fingerprint density at radius 3 is 3.07 bits per heavy atom. The Hall–Kier alpha value is -0.960. The van der Waals surface area contributed by atoms with E-state index in [1.165, 1.54) is 0 Å². The maximum absolute atomic E-state index is 11.5. The molecule has 1 aliphatic rings. The zero-order valence-corrected chi connectivity index (χ0v) is 8.63. The Balaban J connectivity index is 1.96. The van der Waals surface area contributed by atoms with Crippen LogP contribution in [0.25, 0.3) is 0 Å². The van der Waals surface area contributed by atoms with Crippen LogP contribution in [0.4, 0.5) is 0 Å². The van der Waals surface area contributed by atoms with Crippen molar-refractivity contribution in [2.75, 3.05) is 12.4 Å². The van der Waals surface area contributed by atoms with Crippen LogP contribution in [-0.2, 0) is 11.3 Å². The number of halogens is 1. The minimum Gasteiger partial charge on any atom is -0.364 e. The summed E-state index contributed by atoms with van der Waals surface area (Å²) in [5, 5.41) is 0. The lowest BCUT2D eigenvalue weighted by molar-refractivity contribution is -0.128. The number of hydrogen-bond donors (Lipinski definition) is 1. The summed E-state index contributed by atoms with van der Waals surface area (Å²) < 4.78 is 0. The Morgan fingerprint density at radius 2 is 2.50 bits per heavy atom. The summed E-state index contributed by atoms with van der Waals surface area (Å²) in [6, 6.07) is 3.93. The van der Waals surface area contributed by atoms with Gasteiger partial charge in [-0.3, -0.25) is 4.79 Å². The summed E-state index contributed by atoms with van der Waals surface area (Å²) in [4.78, 5) is 16.5. The van der Waals surface area contributed by atoms with Crippen LogP contribution >= 0.6 is 11.6 Å². The van der Waals surface area contributed by atoms with Crippen LogP contribution in [-0.4, -0.2) is 28.2 Å². The smallest absolute Gasteiger partial charge is 0.223 e. The molecule has 2 rings (SSSR count). The van der Waals surface area contributed by atoms with Crippen LogP contribution in [0, 0.1) is 5.92 Å². The Morgan fingerprint density at radius 1 is 1.64 bits per heavy atom. The van der Waals surface area contributed by atoms with E-state index in [9.17, 15) is 4.79 Å². The number of likely N-dealkylation sites (tertiary alicyclic amines) is 1. The highest BCUT2D eigenvalue weighted by Gasteiger charge is 2.28. The van der Waals surface area contributed by atoms with Gasteiger partial charge in [-0.1, -0.05) is 0 Å². The van der Waals surface area contributed by atoms with E-state index in [2.05, 4.69) is 4.98 Å². The molecule has 14 heavy (non-hydrogen) atoms. The number of H-pyrrole nitrogens is 1. The average molecular weight is 213 g/mol. The van der Waals surface area contributed by atoms with E-state index in [0.29, 0.717) is 24.8 Å². The van der Waals surface area contributed by atoms with Crippen molar-refractivity contribution in [1.82, 2.24) is 9.88 Å². The molecule has 0 spiro atoms. The third kappa shape index (κ3) is 1.93. The number of aromatic nitrogens is 1. The van der Waals surface area contributed by atoms with E-state index in [0.717, 1.165) is 12.2 Å². The first kappa shape index (κ1) is 9.59. The first-order valence-corrected chi connectivity index (χ1v) is 5.29. The lowest BCUT2D eigenvalue weighted by Gasteiger charge is -2.14. The van der Waals surface area contributed by atoms with E-state index in [-0.39, 0.29) is 5.91 Å². The topological polar surface area (TPSA) is 36.1 Å². The van der Waals surface area contributed by atoms with E-state index in [1.54, 1.807) is 0 Å². The number of rotatable bonds is 3. The monoisotopic (exact) mass is 212 g/mol. The number of nitrogens with one attached hydrogen (secondary N) is 1.